The highest BCUT2D eigenvalue weighted by Crippen LogP contribution is 2.08. The number of ketones is 1. The van der Waals surface area contributed by atoms with E-state index in [0.29, 0.717) is 25.9 Å². The second-order valence-corrected chi connectivity index (χ2v) is 4.54. The van der Waals surface area contributed by atoms with Crippen LogP contribution in [0.25, 0.3) is 0 Å². The average Bonchev–Trinajstić information content (AvgIpc) is 2.41. The summed E-state index contributed by atoms with van der Waals surface area (Å²) >= 11 is 0. The van der Waals surface area contributed by atoms with Crippen LogP contribution in [0, 0.1) is 10.1 Å². The van der Waals surface area contributed by atoms with Crippen molar-refractivity contribution in [2.45, 2.75) is 19.4 Å². The van der Waals surface area contributed by atoms with Crippen LogP contribution in [-0.4, -0.2) is 39.2 Å². The molecule has 0 radical (unpaired) electrons. The van der Waals surface area contributed by atoms with Crippen molar-refractivity contribution in [2.24, 2.45) is 0 Å². The van der Waals surface area contributed by atoms with Gasteiger partial charge in [-0.05, 0) is 0 Å². The molecule has 0 N–H and O–H groups in total. The normalized spacial score (nSPS) is 15.2. The fraction of sp³-hybridized carbons (Fsp3) is 0.417. The SMILES string of the molecule is O=C1CCN(C(=O)Cn2ccc(=O)c([N+](=O)[O-])c2)CC1. The van der Waals surface area contributed by atoms with Crippen molar-refractivity contribution in [3.8, 4) is 0 Å². The summed E-state index contributed by atoms with van der Waals surface area (Å²) in [5.41, 5.74) is -1.25. The Balaban J connectivity index is 2.08. The molecule has 2 heterocycles. The van der Waals surface area contributed by atoms with Crippen LogP contribution in [0.15, 0.2) is 23.3 Å². The molecule has 0 spiro atoms. The van der Waals surface area contributed by atoms with Gasteiger partial charge >= 0.3 is 5.69 Å². The second kappa shape index (κ2) is 5.64. The van der Waals surface area contributed by atoms with E-state index in [0.717, 1.165) is 12.3 Å². The van der Waals surface area contributed by atoms with Gasteiger partial charge in [0.15, 0.2) is 0 Å². The number of rotatable bonds is 3. The summed E-state index contributed by atoms with van der Waals surface area (Å²) in [6.45, 7) is 0.662. The molecule has 0 aliphatic carbocycles. The molecule has 1 aliphatic rings. The van der Waals surface area contributed by atoms with E-state index in [9.17, 15) is 24.5 Å². The van der Waals surface area contributed by atoms with Crippen molar-refractivity contribution in [3.63, 3.8) is 0 Å². The van der Waals surface area contributed by atoms with Crippen LogP contribution in [-0.2, 0) is 16.1 Å². The van der Waals surface area contributed by atoms with Gasteiger partial charge in [0, 0.05) is 38.2 Å². The summed E-state index contributed by atoms with van der Waals surface area (Å²) < 4.78 is 1.30. The maximum absolute atomic E-state index is 12.0. The predicted molar refractivity (Wildman–Crippen MR) is 68.2 cm³/mol. The van der Waals surface area contributed by atoms with E-state index in [4.69, 9.17) is 0 Å². The number of nitrogens with zero attached hydrogens (tertiary/aromatic N) is 3. The quantitative estimate of drug-likeness (QED) is 0.570. The first kappa shape index (κ1) is 13.9. The van der Waals surface area contributed by atoms with E-state index in [1.807, 2.05) is 0 Å². The molecule has 1 saturated heterocycles. The molecule has 20 heavy (non-hydrogen) atoms. The van der Waals surface area contributed by atoms with E-state index in [1.54, 1.807) is 4.90 Å². The number of carbonyl (C=O) groups excluding carboxylic acids is 2. The Hall–Kier alpha value is -2.51. The third kappa shape index (κ3) is 3.08. The summed E-state index contributed by atoms with van der Waals surface area (Å²) in [6, 6.07) is 1.06. The Kier molecular flexibility index (Phi) is 3.92. The molecule has 1 fully saturated rings. The summed E-state index contributed by atoms with van der Waals surface area (Å²) in [5, 5.41) is 10.7. The van der Waals surface area contributed by atoms with Gasteiger partial charge in [0.2, 0.25) is 5.91 Å². The largest absolute Gasteiger partial charge is 0.340 e. The van der Waals surface area contributed by atoms with Crippen molar-refractivity contribution in [1.29, 1.82) is 0 Å². The number of nitro groups is 1. The van der Waals surface area contributed by atoms with Gasteiger partial charge in [0.1, 0.15) is 12.3 Å². The molecule has 1 aromatic rings. The zero-order chi connectivity index (χ0) is 14.7. The van der Waals surface area contributed by atoms with E-state index in [-0.39, 0.29) is 18.2 Å². The number of aromatic nitrogens is 1. The van der Waals surface area contributed by atoms with Gasteiger partial charge in [-0.1, -0.05) is 0 Å². The number of carbonyl (C=O) groups is 2. The van der Waals surface area contributed by atoms with Gasteiger partial charge in [0.25, 0.3) is 5.43 Å². The Bertz CT molecular complexity index is 612. The zero-order valence-corrected chi connectivity index (χ0v) is 10.7. The molecule has 1 aliphatic heterocycles. The van der Waals surface area contributed by atoms with Gasteiger partial charge in [-0.25, -0.2) is 0 Å². The molecular weight excluding hydrogens is 266 g/mol. The maximum atomic E-state index is 12.0. The molecule has 106 valence electrons. The minimum absolute atomic E-state index is 0.0880. The smallest absolute Gasteiger partial charge is 0.332 e. The molecule has 1 amide bonds. The first-order valence-corrected chi connectivity index (χ1v) is 6.11. The number of Topliss-reactive ketones (excluding diaryl/α,β-unsaturated/α-hetero) is 1. The number of hydrogen-bond donors (Lipinski definition) is 0. The third-order valence-electron chi connectivity index (χ3n) is 3.15. The van der Waals surface area contributed by atoms with Gasteiger partial charge < -0.3 is 9.47 Å². The van der Waals surface area contributed by atoms with Crippen molar-refractivity contribution in [1.82, 2.24) is 9.47 Å². The van der Waals surface area contributed by atoms with Crippen LogP contribution in [0.3, 0.4) is 0 Å². The molecule has 0 unspecified atom stereocenters. The Morgan fingerprint density at radius 3 is 2.55 bits per heavy atom. The zero-order valence-electron chi connectivity index (χ0n) is 10.7. The second-order valence-electron chi connectivity index (χ2n) is 4.54. The van der Waals surface area contributed by atoms with Crippen molar-refractivity contribution in [3.05, 3.63) is 38.8 Å². The summed E-state index contributed by atoms with van der Waals surface area (Å²) in [6.07, 6.45) is 3.07. The third-order valence-corrected chi connectivity index (χ3v) is 3.15. The van der Waals surface area contributed by atoms with Crippen LogP contribution < -0.4 is 5.43 Å². The Morgan fingerprint density at radius 1 is 1.30 bits per heavy atom. The number of likely N-dealkylation sites (tertiary alicyclic amines) is 1. The average molecular weight is 279 g/mol. The van der Waals surface area contributed by atoms with Crippen LogP contribution in [0.5, 0.6) is 0 Å². The molecule has 0 bridgehead atoms. The summed E-state index contributed by atoms with van der Waals surface area (Å²) in [4.78, 5) is 45.8. The highest BCUT2D eigenvalue weighted by atomic mass is 16.6. The van der Waals surface area contributed by atoms with E-state index in [2.05, 4.69) is 0 Å². The monoisotopic (exact) mass is 279 g/mol. The van der Waals surface area contributed by atoms with Crippen LogP contribution in [0.2, 0.25) is 0 Å². The Morgan fingerprint density at radius 2 is 1.95 bits per heavy atom. The molecule has 8 heteroatoms. The minimum Gasteiger partial charge on any atom is -0.340 e. The number of hydrogen-bond acceptors (Lipinski definition) is 5. The van der Waals surface area contributed by atoms with Gasteiger partial charge in [-0.15, -0.1) is 0 Å². The first-order valence-electron chi connectivity index (χ1n) is 6.11. The van der Waals surface area contributed by atoms with Crippen LogP contribution >= 0.6 is 0 Å². The molecule has 2 rings (SSSR count). The lowest BCUT2D eigenvalue weighted by molar-refractivity contribution is -0.386. The van der Waals surface area contributed by atoms with E-state index < -0.39 is 16.0 Å². The molecule has 0 saturated carbocycles. The van der Waals surface area contributed by atoms with Crippen molar-refractivity contribution >= 4 is 17.4 Å². The highest BCUT2D eigenvalue weighted by molar-refractivity contribution is 5.83. The number of pyridine rings is 1. The van der Waals surface area contributed by atoms with Crippen molar-refractivity contribution < 1.29 is 14.5 Å². The summed E-state index contributed by atoms with van der Waals surface area (Å²) in [7, 11) is 0. The predicted octanol–water partition coefficient (Wildman–Crippen LogP) is -0.0520. The number of piperidine rings is 1. The fourth-order valence-electron chi connectivity index (χ4n) is 2.01. The topological polar surface area (TPSA) is 103 Å². The standard InChI is InChI=1S/C12H13N3O5/c16-9-1-5-14(6-2-9)12(18)8-13-4-3-11(17)10(7-13)15(19)20/h3-4,7H,1-2,5-6,8H2. The minimum atomic E-state index is -0.775. The van der Waals surface area contributed by atoms with Gasteiger partial charge in [0.05, 0.1) is 11.1 Å². The lowest BCUT2D eigenvalue weighted by atomic mass is 10.1. The van der Waals surface area contributed by atoms with E-state index >= 15 is 0 Å². The molecule has 8 nitrogen and oxygen atoms in total. The van der Waals surface area contributed by atoms with E-state index in [1.165, 1.54) is 10.8 Å². The highest BCUT2D eigenvalue weighted by Gasteiger charge is 2.21. The van der Waals surface area contributed by atoms with Crippen LogP contribution in [0.4, 0.5) is 5.69 Å². The lowest BCUT2D eigenvalue weighted by Gasteiger charge is -2.26. The molecule has 1 aromatic heterocycles. The van der Waals surface area contributed by atoms with Gasteiger partial charge in [-0.2, -0.15) is 0 Å². The molecule has 0 aromatic carbocycles. The van der Waals surface area contributed by atoms with Crippen LogP contribution in [0.1, 0.15) is 12.8 Å². The Labute approximate surface area is 113 Å². The first-order chi connectivity index (χ1) is 9.47. The van der Waals surface area contributed by atoms with Crippen molar-refractivity contribution in [2.75, 3.05) is 13.1 Å². The molecule has 0 atom stereocenters. The molecular formula is C12H13N3O5. The fourth-order valence-corrected chi connectivity index (χ4v) is 2.01. The number of amides is 1. The lowest BCUT2D eigenvalue weighted by Crippen LogP contribution is -2.40. The maximum Gasteiger partial charge on any atom is 0.332 e. The van der Waals surface area contributed by atoms with Gasteiger partial charge in [-0.3, -0.25) is 24.5 Å². The summed E-state index contributed by atoms with van der Waals surface area (Å²) in [5.74, 6) is -0.0940.